The van der Waals surface area contributed by atoms with Crippen LogP contribution in [0, 0.1) is 5.82 Å². The molecule has 1 aliphatic rings. The molecule has 3 heterocycles. The number of carbonyl (C=O) groups excluding carboxylic acids is 1. The van der Waals surface area contributed by atoms with E-state index < -0.39 is 29.1 Å². The largest absolute Gasteiger partial charge is 0.451 e. The number of aromatic nitrogens is 2. The predicted octanol–water partition coefficient (Wildman–Crippen LogP) is 2.92. The number of likely N-dealkylation sites (N-methyl/N-ethyl adjacent to an activating group) is 1. The number of carbonyl (C=O) groups is 1. The Kier molecular flexibility index (Phi) is 4.33. The van der Waals surface area contributed by atoms with Gasteiger partial charge in [0.25, 0.3) is 5.91 Å². The fourth-order valence-electron chi connectivity index (χ4n) is 3.29. The number of amides is 1. The molecule has 1 aliphatic heterocycles. The van der Waals surface area contributed by atoms with Crippen molar-refractivity contribution in [3.05, 3.63) is 71.8 Å². The number of pyridine rings is 1. The number of halogens is 4. The monoisotopic (exact) mass is 419 g/mol. The third-order valence-corrected chi connectivity index (χ3v) is 4.80. The highest BCUT2D eigenvalue weighted by Gasteiger charge is 2.50. The molecule has 2 aromatic heterocycles. The normalized spacial score (nSPS) is 19.3. The second kappa shape index (κ2) is 6.65. The lowest BCUT2D eigenvalue weighted by Gasteiger charge is -2.27. The summed E-state index contributed by atoms with van der Waals surface area (Å²) in [5, 5.41) is 0. The Morgan fingerprint density at radius 2 is 1.87 bits per heavy atom. The van der Waals surface area contributed by atoms with Crippen LogP contribution in [-0.2, 0) is 16.5 Å². The predicted molar refractivity (Wildman–Crippen MR) is 96.3 cm³/mol. The number of guanidine groups is 1. The van der Waals surface area contributed by atoms with E-state index in [1.54, 1.807) is 0 Å². The van der Waals surface area contributed by atoms with E-state index in [4.69, 9.17) is 10.2 Å². The van der Waals surface area contributed by atoms with Crippen molar-refractivity contribution in [1.82, 2.24) is 14.9 Å². The van der Waals surface area contributed by atoms with Crippen LogP contribution < -0.4 is 5.73 Å². The smallest absolute Gasteiger partial charge is 0.433 e. The molecular formula is C19H13F4N5O2. The van der Waals surface area contributed by atoms with Gasteiger partial charge in [-0.2, -0.15) is 13.2 Å². The van der Waals surface area contributed by atoms with E-state index in [-0.39, 0.29) is 28.3 Å². The molecule has 0 radical (unpaired) electrons. The molecule has 2 N–H and O–H groups in total. The van der Waals surface area contributed by atoms with Gasteiger partial charge in [-0.1, -0.05) is 6.07 Å². The van der Waals surface area contributed by atoms with E-state index in [9.17, 15) is 22.4 Å². The van der Waals surface area contributed by atoms with Crippen molar-refractivity contribution < 1.29 is 26.8 Å². The minimum Gasteiger partial charge on any atom is -0.451 e. The first-order chi connectivity index (χ1) is 14.1. The Morgan fingerprint density at radius 1 is 1.13 bits per heavy atom. The first-order valence-electron chi connectivity index (χ1n) is 8.50. The van der Waals surface area contributed by atoms with E-state index in [0.29, 0.717) is 0 Å². The second-order valence-electron chi connectivity index (χ2n) is 6.54. The van der Waals surface area contributed by atoms with Crippen LogP contribution in [0.3, 0.4) is 0 Å². The lowest BCUT2D eigenvalue weighted by molar-refractivity contribution is -0.141. The van der Waals surface area contributed by atoms with E-state index in [1.165, 1.54) is 31.5 Å². The number of rotatable bonds is 3. The molecule has 0 bridgehead atoms. The fraction of sp³-hybridized carbons (Fsp3) is 0.158. The molecule has 7 nitrogen and oxygen atoms in total. The summed E-state index contributed by atoms with van der Waals surface area (Å²) in [7, 11) is 1.34. The highest BCUT2D eigenvalue weighted by atomic mass is 19.4. The third-order valence-electron chi connectivity index (χ3n) is 4.80. The molecule has 0 fully saturated rings. The standard InChI is InChI=1S/C19H13F4N5O2/c1-28-16(29)18(27-17(28)24,11-4-5-25-15(7-11)19(21,22)23)10-2-3-13(20)12(6-10)14-8-30-9-26-14/h2-9H,1H3,(H2,24,27). The Morgan fingerprint density at radius 3 is 2.47 bits per heavy atom. The highest BCUT2D eigenvalue weighted by molar-refractivity contribution is 6.09. The van der Waals surface area contributed by atoms with E-state index in [0.717, 1.165) is 29.6 Å². The van der Waals surface area contributed by atoms with Crippen LogP contribution in [0.2, 0.25) is 0 Å². The number of oxazole rings is 1. The zero-order valence-corrected chi connectivity index (χ0v) is 15.3. The van der Waals surface area contributed by atoms with Crippen LogP contribution in [0.1, 0.15) is 16.8 Å². The first-order valence-corrected chi connectivity index (χ1v) is 8.50. The van der Waals surface area contributed by atoms with Gasteiger partial charge in [0.2, 0.25) is 0 Å². The molecule has 0 saturated carbocycles. The Bertz CT molecular complexity index is 1160. The summed E-state index contributed by atoms with van der Waals surface area (Å²) in [5.74, 6) is -1.56. The molecule has 3 aromatic rings. The number of alkyl halides is 3. The summed E-state index contributed by atoms with van der Waals surface area (Å²) in [6.07, 6.45) is -1.52. The van der Waals surface area contributed by atoms with Gasteiger partial charge in [-0.3, -0.25) is 14.7 Å². The molecular weight excluding hydrogens is 406 g/mol. The lowest BCUT2D eigenvalue weighted by Crippen LogP contribution is -2.41. The molecule has 1 atom stereocenters. The summed E-state index contributed by atoms with van der Waals surface area (Å²) in [6, 6.07) is 5.59. The highest BCUT2D eigenvalue weighted by Crippen LogP contribution is 2.42. The summed E-state index contributed by atoms with van der Waals surface area (Å²) >= 11 is 0. The van der Waals surface area contributed by atoms with Crippen molar-refractivity contribution in [1.29, 1.82) is 0 Å². The van der Waals surface area contributed by atoms with Gasteiger partial charge in [0.1, 0.15) is 23.5 Å². The first kappa shape index (κ1) is 19.6. The Balaban J connectivity index is 1.99. The summed E-state index contributed by atoms with van der Waals surface area (Å²) in [6.45, 7) is 0. The summed E-state index contributed by atoms with van der Waals surface area (Å²) in [4.78, 5) is 25.6. The van der Waals surface area contributed by atoms with Gasteiger partial charge in [0.05, 0.1) is 0 Å². The van der Waals surface area contributed by atoms with E-state index >= 15 is 0 Å². The van der Waals surface area contributed by atoms with E-state index in [2.05, 4.69) is 15.0 Å². The van der Waals surface area contributed by atoms with Crippen LogP contribution in [-0.4, -0.2) is 33.8 Å². The topological polar surface area (TPSA) is 97.6 Å². The van der Waals surface area contributed by atoms with Crippen LogP contribution in [0.25, 0.3) is 11.3 Å². The summed E-state index contributed by atoms with van der Waals surface area (Å²) in [5.41, 5.74) is 2.80. The Hall–Kier alpha value is -3.76. The Labute approximate surface area is 166 Å². The number of aliphatic imine (C=N–C) groups is 1. The van der Waals surface area contributed by atoms with Gasteiger partial charge in [-0.15, -0.1) is 0 Å². The fourth-order valence-corrected chi connectivity index (χ4v) is 3.29. The van der Waals surface area contributed by atoms with Crippen molar-refractivity contribution in [2.75, 3.05) is 7.05 Å². The molecule has 11 heteroatoms. The van der Waals surface area contributed by atoms with Gasteiger partial charge in [0.15, 0.2) is 17.9 Å². The number of hydrogen-bond acceptors (Lipinski definition) is 6. The number of nitrogens with two attached hydrogens (primary N) is 1. The van der Waals surface area contributed by atoms with Crippen LogP contribution in [0.15, 0.2) is 58.6 Å². The van der Waals surface area contributed by atoms with Crippen LogP contribution >= 0.6 is 0 Å². The average Bonchev–Trinajstić information content (AvgIpc) is 3.32. The van der Waals surface area contributed by atoms with Crippen molar-refractivity contribution >= 4 is 11.9 Å². The maximum atomic E-state index is 14.4. The van der Waals surface area contributed by atoms with E-state index in [1.807, 2.05) is 0 Å². The average molecular weight is 419 g/mol. The molecule has 4 rings (SSSR count). The van der Waals surface area contributed by atoms with Gasteiger partial charge in [-0.25, -0.2) is 14.4 Å². The van der Waals surface area contributed by atoms with Gasteiger partial charge < -0.3 is 10.2 Å². The maximum absolute atomic E-state index is 14.4. The van der Waals surface area contributed by atoms with Crippen molar-refractivity contribution in [3.63, 3.8) is 0 Å². The quantitative estimate of drug-likeness (QED) is 0.659. The number of hydrogen-bond donors (Lipinski definition) is 1. The molecule has 0 saturated heterocycles. The van der Waals surface area contributed by atoms with Crippen LogP contribution in [0.4, 0.5) is 17.6 Å². The molecule has 1 aromatic carbocycles. The molecule has 0 spiro atoms. The van der Waals surface area contributed by atoms with Crippen molar-refractivity contribution in [2.45, 2.75) is 11.7 Å². The lowest BCUT2D eigenvalue weighted by atomic mass is 9.82. The minimum absolute atomic E-state index is 0.0122. The molecule has 154 valence electrons. The zero-order valence-electron chi connectivity index (χ0n) is 15.3. The SMILES string of the molecule is CN1C(=O)C(c2ccnc(C(F)(F)F)c2)(c2ccc(F)c(-c3cocn3)c2)N=C1N. The summed E-state index contributed by atoms with van der Waals surface area (Å²) < 4.78 is 59.0. The molecule has 1 unspecified atom stereocenters. The number of nitrogens with zero attached hydrogens (tertiary/aromatic N) is 4. The molecule has 30 heavy (non-hydrogen) atoms. The third kappa shape index (κ3) is 2.90. The molecule has 1 amide bonds. The minimum atomic E-state index is -4.74. The van der Waals surface area contributed by atoms with Gasteiger partial charge in [-0.05, 0) is 35.4 Å². The van der Waals surface area contributed by atoms with Crippen LogP contribution in [0.5, 0.6) is 0 Å². The van der Waals surface area contributed by atoms with Crippen molar-refractivity contribution in [3.8, 4) is 11.3 Å². The zero-order chi connectivity index (χ0) is 21.7. The maximum Gasteiger partial charge on any atom is 0.433 e. The van der Waals surface area contributed by atoms with Gasteiger partial charge >= 0.3 is 6.18 Å². The molecule has 0 aliphatic carbocycles. The van der Waals surface area contributed by atoms with Crippen molar-refractivity contribution in [2.24, 2.45) is 10.7 Å². The second-order valence-corrected chi connectivity index (χ2v) is 6.54. The number of benzene rings is 1. The van der Waals surface area contributed by atoms with Gasteiger partial charge in [0, 0.05) is 18.8 Å².